The van der Waals surface area contributed by atoms with Crippen molar-refractivity contribution in [1.82, 2.24) is 15.0 Å². The zero-order valence-electron chi connectivity index (χ0n) is 8.82. The minimum absolute atomic E-state index is 0.561. The Morgan fingerprint density at radius 2 is 2.00 bits per heavy atom. The van der Waals surface area contributed by atoms with E-state index in [1.54, 1.807) is 24.8 Å². The summed E-state index contributed by atoms with van der Waals surface area (Å²) in [4.78, 5) is 12.0. The summed E-state index contributed by atoms with van der Waals surface area (Å²) in [7, 11) is 0. The molecule has 0 aromatic carbocycles. The normalized spacial score (nSPS) is 12.3. The number of aromatic nitrogens is 3. The summed E-state index contributed by atoms with van der Waals surface area (Å²) in [5.41, 5.74) is 1.73. The fraction of sp³-hybridized carbons (Fsp3) is 0.250. The van der Waals surface area contributed by atoms with E-state index in [1.807, 2.05) is 18.3 Å². The van der Waals surface area contributed by atoms with Crippen LogP contribution >= 0.6 is 0 Å². The number of aliphatic hydroxyl groups is 1. The Hall–Kier alpha value is -1.81. The molecule has 0 spiro atoms. The number of aliphatic hydroxyl groups excluding tert-OH is 1. The summed E-state index contributed by atoms with van der Waals surface area (Å²) in [6.07, 6.45) is 9.17. The third-order valence-corrected chi connectivity index (χ3v) is 2.35. The predicted octanol–water partition coefficient (Wildman–Crippen LogP) is 1.54. The Morgan fingerprint density at radius 1 is 1.12 bits per heavy atom. The number of rotatable bonds is 4. The highest BCUT2D eigenvalue weighted by molar-refractivity contribution is 5.09. The third kappa shape index (κ3) is 2.84. The Balaban J connectivity index is 1.92. The van der Waals surface area contributed by atoms with E-state index < -0.39 is 6.10 Å². The summed E-state index contributed by atoms with van der Waals surface area (Å²) in [5.74, 6) is 0. The average molecular weight is 215 g/mol. The second-order valence-electron chi connectivity index (χ2n) is 3.55. The molecule has 0 aliphatic carbocycles. The highest BCUT2D eigenvalue weighted by atomic mass is 16.3. The quantitative estimate of drug-likeness (QED) is 0.840. The summed E-state index contributed by atoms with van der Waals surface area (Å²) < 4.78 is 0. The number of nitrogens with zero attached hydrogens (tertiary/aromatic N) is 3. The van der Waals surface area contributed by atoms with Gasteiger partial charge < -0.3 is 5.11 Å². The number of hydrogen-bond donors (Lipinski definition) is 1. The molecule has 82 valence electrons. The van der Waals surface area contributed by atoms with Crippen LogP contribution in [-0.4, -0.2) is 20.1 Å². The van der Waals surface area contributed by atoms with Crippen molar-refractivity contribution in [3.8, 4) is 0 Å². The van der Waals surface area contributed by atoms with Crippen molar-refractivity contribution in [3.63, 3.8) is 0 Å². The van der Waals surface area contributed by atoms with Crippen LogP contribution in [0.15, 0.2) is 43.1 Å². The molecular formula is C12H13N3O. The molecule has 1 unspecified atom stereocenters. The molecular weight excluding hydrogens is 202 g/mol. The largest absolute Gasteiger partial charge is 0.387 e. The SMILES string of the molecule is OC(CCc1cccnc1)c1cnccn1. The zero-order chi connectivity index (χ0) is 11.2. The Morgan fingerprint density at radius 3 is 2.69 bits per heavy atom. The first-order chi connectivity index (χ1) is 7.86. The minimum Gasteiger partial charge on any atom is -0.387 e. The molecule has 0 aliphatic heterocycles. The van der Waals surface area contributed by atoms with Crippen molar-refractivity contribution in [1.29, 1.82) is 0 Å². The highest BCUT2D eigenvalue weighted by Crippen LogP contribution is 2.15. The summed E-state index contributed by atoms with van der Waals surface area (Å²) in [5, 5.41) is 9.86. The van der Waals surface area contributed by atoms with E-state index in [4.69, 9.17) is 0 Å². The van der Waals surface area contributed by atoms with Crippen LogP contribution in [0.25, 0.3) is 0 Å². The van der Waals surface area contributed by atoms with Gasteiger partial charge in [0.25, 0.3) is 0 Å². The van der Waals surface area contributed by atoms with Gasteiger partial charge in [-0.1, -0.05) is 6.07 Å². The molecule has 1 N–H and O–H groups in total. The van der Waals surface area contributed by atoms with E-state index in [9.17, 15) is 5.11 Å². The molecule has 1 atom stereocenters. The zero-order valence-corrected chi connectivity index (χ0v) is 8.82. The van der Waals surface area contributed by atoms with Crippen LogP contribution in [0.3, 0.4) is 0 Å². The molecule has 2 aromatic heterocycles. The van der Waals surface area contributed by atoms with Gasteiger partial charge in [0.1, 0.15) is 0 Å². The van der Waals surface area contributed by atoms with Crippen molar-refractivity contribution in [3.05, 3.63) is 54.4 Å². The third-order valence-electron chi connectivity index (χ3n) is 2.35. The molecule has 0 saturated heterocycles. The van der Waals surface area contributed by atoms with Crippen LogP contribution in [0.4, 0.5) is 0 Å². The van der Waals surface area contributed by atoms with E-state index in [2.05, 4.69) is 15.0 Å². The van der Waals surface area contributed by atoms with Gasteiger partial charge in [0.15, 0.2) is 0 Å². The first-order valence-corrected chi connectivity index (χ1v) is 5.19. The van der Waals surface area contributed by atoms with Gasteiger partial charge >= 0.3 is 0 Å². The van der Waals surface area contributed by atoms with E-state index in [-0.39, 0.29) is 0 Å². The van der Waals surface area contributed by atoms with Crippen LogP contribution in [0.2, 0.25) is 0 Å². The Kier molecular flexibility index (Phi) is 3.56. The van der Waals surface area contributed by atoms with Gasteiger partial charge in [0.05, 0.1) is 18.0 Å². The maximum Gasteiger partial charge on any atom is 0.0978 e. The fourth-order valence-electron chi connectivity index (χ4n) is 1.48. The highest BCUT2D eigenvalue weighted by Gasteiger charge is 2.08. The molecule has 2 rings (SSSR count). The molecule has 16 heavy (non-hydrogen) atoms. The van der Waals surface area contributed by atoms with Gasteiger partial charge in [0, 0.05) is 24.8 Å². The molecule has 0 fully saturated rings. The molecule has 0 aliphatic rings. The second-order valence-corrected chi connectivity index (χ2v) is 3.55. The molecule has 0 radical (unpaired) electrons. The van der Waals surface area contributed by atoms with Crippen LogP contribution in [0.1, 0.15) is 23.8 Å². The van der Waals surface area contributed by atoms with Gasteiger partial charge in [-0.15, -0.1) is 0 Å². The van der Waals surface area contributed by atoms with Crippen molar-refractivity contribution in [2.75, 3.05) is 0 Å². The maximum absolute atomic E-state index is 9.86. The van der Waals surface area contributed by atoms with Crippen LogP contribution in [0, 0.1) is 0 Å². The number of hydrogen-bond acceptors (Lipinski definition) is 4. The number of aryl methyl sites for hydroxylation is 1. The molecule has 2 aromatic rings. The standard InChI is InChI=1S/C12H13N3O/c16-12(11-9-14-6-7-15-11)4-3-10-2-1-5-13-8-10/h1-2,5-9,12,16H,3-4H2. The lowest BCUT2D eigenvalue weighted by Gasteiger charge is -2.08. The van der Waals surface area contributed by atoms with Gasteiger partial charge in [0.2, 0.25) is 0 Å². The maximum atomic E-state index is 9.86. The van der Waals surface area contributed by atoms with Crippen LogP contribution in [-0.2, 0) is 6.42 Å². The molecule has 4 heteroatoms. The lowest BCUT2D eigenvalue weighted by Crippen LogP contribution is -2.02. The lowest BCUT2D eigenvalue weighted by molar-refractivity contribution is 0.162. The Labute approximate surface area is 94.0 Å². The molecule has 0 bridgehead atoms. The van der Waals surface area contributed by atoms with Gasteiger partial charge in [-0.3, -0.25) is 15.0 Å². The topological polar surface area (TPSA) is 58.9 Å². The lowest BCUT2D eigenvalue weighted by atomic mass is 10.1. The molecule has 4 nitrogen and oxygen atoms in total. The van der Waals surface area contributed by atoms with Crippen LogP contribution < -0.4 is 0 Å². The van der Waals surface area contributed by atoms with Crippen molar-refractivity contribution < 1.29 is 5.11 Å². The minimum atomic E-state index is -0.561. The summed E-state index contributed by atoms with van der Waals surface area (Å²) >= 11 is 0. The van der Waals surface area contributed by atoms with Gasteiger partial charge in [-0.05, 0) is 24.5 Å². The molecule has 0 amide bonds. The van der Waals surface area contributed by atoms with Crippen LogP contribution in [0.5, 0.6) is 0 Å². The molecule has 0 saturated carbocycles. The molecule has 2 heterocycles. The predicted molar refractivity (Wildman–Crippen MR) is 59.5 cm³/mol. The Bertz CT molecular complexity index is 419. The first-order valence-electron chi connectivity index (χ1n) is 5.19. The van der Waals surface area contributed by atoms with Crippen molar-refractivity contribution in [2.24, 2.45) is 0 Å². The number of pyridine rings is 1. The van der Waals surface area contributed by atoms with Gasteiger partial charge in [-0.2, -0.15) is 0 Å². The van der Waals surface area contributed by atoms with E-state index in [0.29, 0.717) is 12.1 Å². The van der Waals surface area contributed by atoms with E-state index in [1.165, 1.54) is 0 Å². The fourth-order valence-corrected chi connectivity index (χ4v) is 1.48. The summed E-state index contributed by atoms with van der Waals surface area (Å²) in [6, 6.07) is 3.89. The smallest absolute Gasteiger partial charge is 0.0978 e. The van der Waals surface area contributed by atoms with Gasteiger partial charge in [-0.25, -0.2) is 0 Å². The van der Waals surface area contributed by atoms with Crippen molar-refractivity contribution >= 4 is 0 Å². The van der Waals surface area contributed by atoms with E-state index >= 15 is 0 Å². The second kappa shape index (κ2) is 5.32. The van der Waals surface area contributed by atoms with Crippen molar-refractivity contribution in [2.45, 2.75) is 18.9 Å². The first kappa shape index (κ1) is 10.7. The van der Waals surface area contributed by atoms with E-state index in [0.717, 1.165) is 12.0 Å². The average Bonchev–Trinajstić information content (AvgIpc) is 2.38. The monoisotopic (exact) mass is 215 g/mol. The summed E-state index contributed by atoms with van der Waals surface area (Å²) in [6.45, 7) is 0.